The molecule has 6 aromatic rings. The van der Waals surface area contributed by atoms with E-state index >= 15 is 0 Å². The maximum Gasteiger partial charge on any atom is 0.0636 e. The third-order valence-electron chi connectivity index (χ3n) is 3.94. The minimum absolute atomic E-state index is 0. The van der Waals surface area contributed by atoms with Gasteiger partial charge in [-0.3, -0.25) is 0 Å². The average Bonchev–Trinajstić information content (AvgIpc) is 3.05. The van der Waals surface area contributed by atoms with E-state index in [4.69, 9.17) is 26.0 Å². The number of hydrogen-bond donors (Lipinski definition) is 0. The molecule has 0 bridgehead atoms. The highest BCUT2D eigenvalue weighted by Gasteiger charge is 2.03. The topological polar surface area (TPSA) is 0 Å². The molecule has 0 aliphatic rings. The standard InChI is InChI=1S/C14H9Br.C14H10.CH4.H/c15-14-12-7-3-1-5-10(12)9-11-6-2-4-8-13(11)14;1-2-6-12-10-14-8-4-3-7-13(14)9-11(12)5-1;;/h1-9H;1-10H;1H4;/q;;;-1/i1D,2D,3D,4D,5D,6D,7D,8D,9D;1D,2D,3D,4D,5D,6D,7D,8D,9D,10D;;. The second kappa shape index (κ2) is 8.69. The van der Waals surface area contributed by atoms with Gasteiger partial charge in [0.25, 0.3) is 0 Å². The van der Waals surface area contributed by atoms with Gasteiger partial charge < -0.3 is 1.43 Å². The fourth-order valence-corrected chi connectivity index (χ4v) is 3.24. The summed E-state index contributed by atoms with van der Waals surface area (Å²) in [6, 6.07) is -8.90. The van der Waals surface area contributed by atoms with Crippen molar-refractivity contribution < 1.29 is 27.5 Å². The van der Waals surface area contributed by atoms with E-state index in [1.165, 1.54) is 0 Å². The van der Waals surface area contributed by atoms with E-state index in [0.29, 0.717) is 0 Å². The molecular weight excluding hydrogens is 428 g/mol. The maximum absolute atomic E-state index is 8.32. The highest BCUT2D eigenvalue weighted by atomic mass is 79.9. The highest BCUT2D eigenvalue weighted by Crippen LogP contribution is 2.32. The lowest BCUT2D eigenvalue weighted by atomic mass is 10.0. The minimum Gasteiger partial charge on any atom is -1.00 e. The Labute approximate surface area is 214 Å². The molecule has 0 radical (unpaired) electrons. The van der Waals surface area contributed by atoms with E-state index in [2.05, 4.69) is 15.9 Å². The summed E-state index contributed by atoms with van der Waals surface area (Å²) in [5.41, 5.74) is 0. The zero-order chi connectivity index (χ0) is 36.2. The second-order valence-corrected chi connectivity index (χ2v) is 6.48. The van der Waals surface area contributed by atoms with Crippen molar-refractivity contribution in [1.82, 2.24) is 0 Å². The van der Waals surface area contributed by atoms with Crippen LogP contribution in [0.15, 0.2) is 119 Å². The van der Waals surface area contributed by atoms with Crippen LogP contribution in [0.4, 0.5) is 0 Å². The third-order valence-corrected chi connectivity index (χ3v) is 4.73. The van der Waals surface area contributed by atoms with Gasteiger partial charge in [0.05, 0.1) is 26.0 Å². The van der Waals surface area contributed by atoms with Gasteiger partial charge in [0.1, 0.15) is 0 Å². The van der Waals surface area contributed by atoms with Crippen molar-refractivity contribution in [3.05, 3.63) is 119 Å². The molecule has 0 saturated heterocycles. The summed E-state index contributed by atoms with van der Waals surface area (Å²) in [4.78, 5) is 0. The number of halogens is 1. The molecule has 6 aromatic carbocycles. The van der Waals surface area contributed by atoms with Crippen LogP contribution in [-0.4, -0.2) is 0 Å². The molecule has 0 nitrogen and oxygen atoms in total. The van der Waals surface area contributed by atoms with Crippen LogP contribution >= 0.6 is 15.9 Å². The van der Waals surface area contributed by atoms with Gasteiger partial charge in [-0.05, 0) is 77.1 Å². The molecule has 148 valence electrons. The lowest BCUT2D eigenvalue weighted by molar-refractivity contribution is 1.74. The molecule has 0 heterocycles. The Bertz CT molecular complexity index is 1960. The van der Waals surface area contributed by atoms with Crippen LogP contribution in [0.1, 0.15) is 34.9 Å². The van der Waals surface area contributed by atoms with Crippen LogP contribution in [0, 0.1) is 0 Å². The number of fused-ring (bicyclic) bond motifs is 4. The number of hydrogen-bond acceptors (Lipinski definition) is 0. The van der Waals surface area contributed by atoms with E-state index in [1.54, 1.807) is 0 Å². The molecule has 0 amide bonds. The summed E-state index contributed by atoms with van der Waals surface area (Å²) in [5.74, 6) is 0. The fourth-order valence-electron chi connectivity index (χ4n) is 2.64. The molecule has 0 N–H and O–H groups in total. The molecule has 6 rings (SSSR count). The van der Waals surface area contributed by atoms with Gasteiger partial charge in [0, 0.05) is 4.47 Å². The number of benzene rings is 6. The van der Waals surface area contributed by atoms with E-state index in [1.807, 2.05) is 0 Å². The Balaban J connectivity index is 0.000000260. The summed E-state index contributed by atoms with van der Waals surface area (Å²) in [6.07, 6.45) is 0. The van der Waals surface area contributed by atoms with E-state index in [9.17, 15) is 0 Å². The zero-order valence-corrected chi connectivity index (χ0v) is 16.0. The molecule has 0 spiro atoms. The van der Waals surface area contributed by atoms with Crippen molar-refractivity contribution in [3.63, 3.8) is 0 Å². The molecule has 0 aromatic heterocycles. The Hall–Kier alpha value is -3.16. The molecule has 0 unspecified atom stereocenters. The predicted molar refractivity (Wildman–Crippen MR) is 138 cm³/mol. The summed E-state index contributed by atoms with van der Waals surface area (Å²) in [6.45, 7) is 0. The van der Waals surface area contributed by atoms with Crippen LogP contribution in [0.3, 0.4) is 0 Å². The highest BCUT2D eigenvalue weighted by molar-refractivity contribution is 9.10. The van der Waals surface area contributed by atoms with Crippen molar-refractivity contribution in [3.8, 4) is 0 Å². The summed E-state index contributed by atoms with van der Waals surface area (Å²) >= 11 is 3.22. The van der Waals surface area contributed by atoms with Gasteiger partial charge in [-0.1, -0.05) is 104 Å². The van der Waals surface area contributed by atoms with Crippen LogP contribution in [-0.2, 0) is 0 Å². The number of rotatable bonds is 0. The normalized spacial score (nSPS) is 19.4. The van der Waals surface area contributed by atoms with Gasteiger partial charge in [0.2, 0.25) is 0 Å². The van der Waals surface area contributed by atoms with Gasteiger partial charge in [-0.2, -0.15) is 0 Å². The van der Waals surface area contributed by atoms with Gasteiger partial charge in [-0.25, -0.2) is 0 Å². The first-order valence-corrected chi connectivity index (χ1v) is 8.98. The second-order valence-electron chi connectivity index (χ2n) is 5.69. The molecule has 0 aliphatic heterocycles. The molecule has 0 aliphatic carbocycles. The Kier molecular flexibility index (Phi) is 2.18. The van der Waals surface area contributed by atoms with Crippen molar-refractivity contribution in [2.45, 2.75) is 7.43 Å². The van der Waals surface area contributed by atoms with Crippen LogP contribution in [0.5, 0.6) is 0 Å². The summed E-state index contributed by atoms with van der Waals surface area (Å²) in [5, 5.41) is -0.970. The van der Waals surface area contributed by atoms with Gasteiger partial charge in [0.15, 0.2) is 0 Å². The lowest BCUT2D eigenvalue weighted by Gasteiger charge is -2.05. The van der Waals surface area contributed by atoms with Crippen LogP contribution < -0.4 is 0 Å². The van der Waals surface area contributed by atoms with Crippen molar-refractivity contribution >= 4 is 59.0 Å². The Morgan fingerprint density at radius 1 is 0.467 bits per heavy atom. The van der Waals surface area contributed by atoms with Crippen molar-refractivity contribution in [1.29, 1.82) is 0 Å². The first-order chi connectivity index (χ1) is 22.2. The van der Waals surface area contributed by atoms with Crippen LogP contribution in [0.25, 0.3) is 43.1 Å². The first-order valence-electron chi connectivity index (χ1n) is 17.7. The van der Waals surface area contributed by atoms with Crippen LogP contribution in [0.2, 0.25) is 0 Å². The monoisotopic (exact) mass is 470 g/mol. The van der Waals surface area contributed by atoms with Crippen molar-refractivity contribution in [2.24, 2.45) is 0 Å². The molecule has 0 fully saturated rings. The smallest absolute Gasteiger partial charge is 0.0636 e. The van der Waals surface area contributed by atoms with E-state index < -0.39 is 96.7 Å². The fraction of sp³-hybridized carbons (Fsp3) is 0.0345. The molecule has 1 heteroatoms. The van der Waals surface area contributed by atoms with Crippen molar-refractivity contribution in [2.75, 3.05) is 0 Å². The van der Waals surface area contributed by atoms with E-state index in [-0.39, 0.29) is 74.5 Å². The summed E-state index contributed by atoms with van der Waals surface area (Å²) in [7, 11) is 0. The molecule has 0 saturated carbocycles. The third kappa shape index (κ3) is 3.81. The summed E-state index contributed by atoms with van der Waals surface area (Å²) < 4.78 is 151. The molecule has 30 heavy (non-hydrogen) atoms. The quantitative estimate of drug-likeness (QED) is 0.194. The lowest BCUT2D eigenvalue weighted by Crippen LogP contribution is -1.78. The minimum atomic E-state index is -0.555. The zero-order valence-electron chi connectivity index (χ0n) is 34.4. The first kappa shape index (κ1) is 7.51. The molecule has 0 atom stereocenters. The molecular formula is C29H24Br-. The van der Waals surface area contributed by atoms with Gasteiger partial charge >= 0.3 is 0 Å². The SMILES string of the molecule is C.[2H]c1c([2H])c([2H])c2c(Br)c3c([2H])c([2H])c([2H])c([2H])c3c([2H])c2c1[2H].[2H]c1c([2H])c([2H])c2c([2H])c3c([2H])c([2H])c([2H])c([2H])c3c([2H])c2c1[2H].[H-]. The maximum atomic E-state index is 8.32. The van der Waals surface area contributed by atoms with E-state index in [0.717, 1.165) is 0 Å². The Morgan fingerprint density at radius 3 is 1.10 bits per heavy atom. The predicted octanol–water partition coefficient (Wildman–Crippen LogP) is 9.50. The average molecular weight is 472 g/mol. The van der Waals surface area contributed by atoms with Gasteiger partial charge in [-0.15, -0.1) is 0 Å². The Morgan fingerprint density at radius 2 is 0.733 bits per heavy atom. The largest absolute Gasteiger partial charge is 1.00 e.